The SMILES string of the molecule is CCCCCCCCCCCCCCCCCCC(C)c1c(C)ccc2ccccc12. The molecule has 31 heavy (non-hydrogen) atoms. The van der Waals surface area contributed by atoms with Crippen LogP contribution in [0.1, 0.15) is 140 Å². The summed E-state index contributed by atoms with van der Waals surface area (Å²) >= 11 is 0. The van der Waals surface area contributed by atoms with Crippen LogP contribution in [0.5, 0.6) is 0 Å². The largest absolute Gasteiger partial charge is 0.0654 e. The summed E-state index contributed by atoms with van der Waals surface area (Å²) in [6.45, 7) is 7.01. The van der Waals surface area contributed by atoms with Crippen molar-refractivity contribution in [2.75, 3.05) is 0 Å². The third kappa shape index (κ3) is 10.2. The van der Waals surface area contributed by atoms with Crippen LogP contribution < -0.4 is 0 Å². The van der Waals surface area contributed by atoms with Gasteiger partial charge in [-0.3, -0.25) is 0 Å². The van der Waals surface area contributed by atoms with E-state index >= 15 is 0 Å². The molecule has 0 N–H and O–H groups in total. The van der Waals surface area contributed by atoms with Crippen molar-refractivity contribution in [3.8, 4) is 0 Å². The summed E-state index contributed by atoms with van der Waals surface area (Å²) in [4.78, 5) is 0. The summed E-state index contributed by atoms with van der Waals surface area (Å²) in [5.74, 6) is 0.665. The van der Waals surface area contributed by atoms with Gasteiger partial charge in [-0.1, -0.05) is 153 Å². The zero-order valence-electron chi connectivity index (χ0n) is 21.1. The zero-order valence-corrected chi connectivity index (χ0v) is 21.1. The van der Waals surface area contributed by atoms with E-state index in [1.54, 1.807) is 5.56 Å². The molecule has 0 radical (unpaired) electrons. The Morgan fingerprint density at radius 1 is 0.581 bits per heavy atom. The Labute approximate surface area is 194 Å². The van der Waals surface area contributed by atoms with Crippen molar-refractivity contribution in [1.82, 2.24) is 0 Å². The van der Waals surface area contributed by atoms with Gasteiger partial charge in [0.25, 0.3) is 0 Å². The van der Waals surface area contributed by atoms with Crippen LogP contribution in [0, 0.1) is 6.92 Å². The highest BCUT2D eigenvalue weighted by molar-refractivity contribution is 5.87. The van der Waals surface area contributed by atoms with Crippen LogP contribution in [-0.4, -0.2) is 0 Å². The summed E-state index contributed by atoms with van der Waals surface area (Å²) in [6.07, 6.45) is 24.4. The number of aryl methyl sites for hydroxylation is 1. The van der Waals surface area contributed by atoms with Gasteiger partial charge in [-0.05, 0) is 41.2 Å². The van der Waals surface area contributed by atoms with E-state index in [1.165, 1.54) is 125 Å². The molecule has 1 atom stereocenters. The quantitative estimate of drug-likeness (QED) is 0.209. The second-order valence-electron chi connectivity index (χ2n) is 10.0. The highest BCUT2D eigenvalue weighted by Crippen LogP contribution is 2.32. The lowest BCUT2D eigenvalue weighted by molar-refractivity contribution is 0.521. The monoisotopic (exact) mass is 422 g/mol. The fraction of sp³-hybridized carbons (Fsp3) is 0.677. The second kappa shape index (κ2) is 16.3. The summed E-state index contributed by atoms with van der Waals surface area (Å²) < 4.78 is 0. The maximum Gasteiger partial charge on any atom is -0.0147 e. The van der Waals surface area contributed by atoms with Gasteiger partial charge in [0.1, 0.15) is 0 Å². The van der Waals surface area contributed by atoms with Crippen molar-refractivity contribution in [2.24, 2.45) is 0 Å². The van der Waals surface area contributed by atoms with Crippen molar-refractivity contribution in [2.45, 2.75) is 136 Å². The Kier molecular flexibility index (Phi) is 13.7. The lowest BCUT2D eigenvalue weighted by Crippen LogP contribution is -1.98. The van der Waals surface area contributed by atoms with Gasteiger partial charge in [-0.2, -0.15) is 0 Å². The Bertz CT molecular complexity index is 698. The normalized spacial score (nSPS) is 12.5. The van der Waals surface area contributed by atoms with Crippen molar-refractivity contribution < 1.29 is 0 Å². The van der Waals surface area contributed by atoms with E-state index in [0.717, 1.165) is 0 Å². The van der Waals surface area contributed by atoms with Gasteiger partial charge in [-0.15, -0.1) is 0 Å². The van der Waals surface area contributed by atoms with Gasteiger partial charge < -0.3 is 0 Å². The van der Waals surface area contributed by atoms with Crippen molar-refractivity contribution >= 4 is 10.8 Å². The molecule has 0 saturated heterocycles. The Morgan fingerprint density at radius 2 is 1.06 bits per heavy atom. The third-order valence-electron chi connectivity index (χ3n) is 7.17. The molecule has 0 spiro atoms. The lowest BCUT2D eigenvalue weighted by Gasteiger charge is -2.17. The van der Waals surface area contributed by atoms with Crippen LogP contribution in [0.2, 0.25) is 0 Å². The minimum Gasteiger partial charge on any atom is -0.0654 e. The Balaban J connectivity index is 1.45. The first-order chi connectivity index (χ1) is 15.2. The summed E-state index contributed by atoms with van der Waals surface area (Å²) in [6, 6.07) is 13.5. The minimum absolute atomic E-state index is 0.665. The highest BCUT2D eigenvalue weighted by atomic mass is 14.2. The van der Waals surface area contributed by atoms with Gasteiger partial charge in [0, 0.05) is 0 Å². The first-order valence-corrected chi connectivity index (χ1v) is 13.7. The molecular weight excluding hydrogens is 372 g/mol. The molecular formula is C31H50. The van der Waals surface area contributed by atoms with Gasteiger partial charge >= 0.3 is 0 Å². The molecule has 0 bridgehead atoms. The molecule has 0 heterocycles. The summed E-state index contributed by atoms with van der Waals surface area (Å²) in [7, 11) is 0. The maximum atomic E-state index is 2.43. The highest BCUT2D eigenvalue weighted by Gasteiger charge is 2.12. The van der Waals surface area contributed by atoms with Crippen LogP contribution in [0.15, 0.2) is 36.4 Å². The minimum atomic E-state index is 0.665. The zero-order chi connectivity index (χ0) is 22.2. The molecule has 0 aliphatic rings. The van der Waals surface area contributed by atoms with Gasteiger partial charge in [0.15, 0.2) is 0 Å². The number of fused-ring (bicyclic) bond motifs is 1. The molecule has 0 amide bonds. The van der Waals surface area contributed by atoms with Crippen molar-refractivity contribution in [1.29, 1.82) is 0 Å². The summed E-state index contributed by atoms with van der Waals surface area (Å²) in [5.41, 5.74) is 3.04. The molecule has 0 aliphatic heterocycles. The molecule has 2 aromatic rings. The van der Waals surface area contributed by atoms with E-state index in [1.807, 2.05) is 0 Å². The van der Waals surface area contributed by atoms with E-state index in [0.29, 0.717) is 5.92 Å². The number of hydrogen-bond acceptors (Lipinski definition) is 0. The topological polar surface area (TPSA) is 0 Å². The average molecular weight is 423 g/mol. The molecule has 0 aromatic heterocycles. The molecule has 0 fully saturated rings. The number of unbranched alkanes of at least 4 members (excludes halogenated alkanes) is 15. The van der Waals surface area contributed by atoms with Gasteiger partial charge in [0.05, 0.1) is 0 Å². The molecule has 0 saturated carbocycles. The molecule has 0 nitrogen and oxygen atoms in total. The van der Waals surface area contributed by atoms with E-state index in [9.17, 15) is 0 Å². The lowest BCUT2D eigenvalue weighted by atomic mass is 9.87. The number of hydrogen-bond donors (Lipinski definition) is 0. The van der Waals surface area contributed by atoms with E-state index in [4.69, 9.17) is 0 Å². The van der Waals surface area contributed by atoms with E-state index in [2.05, 4.69) is 57.2 Å². The molecule has 2 rings (SSSR count). The fourth-order valence-corrected chi connectivity index (χ4v) is 5.20. The average Bonchev–Trinajstić information content (AvgIpc) is 2.78. The van der Waals surface area contributed by atoms with E-state index in [-0.39, 0.29) is 0 Å². The smallest absolute Gasteiger partial charge is 0.0147 e. The predicted octanol–water partition coefficient (Wildman–Crippen LogP) is 10.9. The number of benzene rings is 2. The first kappa shape index (κ1) is 26.0. The second-order valence-corrected chi connectivity index (χ2v) is 10.0. The maximum absolute atomic E-state index is 2.43. The van der Waals surface area contributed by atoms with Crippen LogP contribution in [0.25, 0.3) is 10.8 Å². The molecule has 0 aliphatic carbocycles. The van der Waals surface area contributed by atoms with Crippen LogP contribution in [0.4, 0.5) is 0 Å². The Hall–Kier alpha value is -1.30. The number of rotatable bonds is 18. The molecule has 1 unspecified atom stereocenters. The van der Waals surface area contributed by atoms with E-state index < -0.39 is 0 Å². The van der Waals surface area contributed by atoms with Crippen LogP contribution >= 0.6 is 0 Å². The van der Waals surface area contributed by atoms with Crippen molar-refractivity contribution in [3.05, 3.63) is 47.5 Å². The third-order valence-corrected chi connectivity index (χ3v) is 7.17. The van der Waals surface area contributed by atoms with Crippen molar-refractivity contribution in [3.63, 3.8) is 0 Å². The molecule has 2 aromatic carbocycles. The van der Waals surface area contributed by atoms with Gasteiger partial charge in [-0.25, -0.2) is 0 Å². The molecule has 174 valence electrons. The molecule has 0 heteroatoms. The van der Waals surface area contributed by atoms with Crippen LogP contribution in [-0.2, 0) is 0 Å². The summed E-state index contributed by atoms with van der Waals surface area (Å²) in [5, 5.41) is 2.86. The van der Waals surface area contributed by atoms with Crippen LogP contribution in [0.3, 0.4) is 0 Å². The predicted molar refractivity (Wildman–Crippen MR) is 141 cm³/mol. The van der Waals surface area contributed by atoms with Gasteiger partial charge in [0.2, 0.25) is 0 Å². The Morgan fingerprint density at radius 3 is 1.61 bits per heavy atom. The standard InChI is InChI=1S/C31H50/c1-4-5-6-7-8-9-10-11-12-13-14-15-16-17-18-19-22-27(2)31-28(3)25-26-29-23-20-21-24-30(29)31/h20-21,23-27H,4-19,22H2,1-3H3. The first-order valence-electron chi connectivity index (χ1n) is 13.7. The fourth-order valence-electron chi connectivity index (χ4n) is 5.20.